The minimum absolute atomic E-state index is 0.100. The summed E-state index contributed by atoms with van der Waals surface area (Å²) in [5.74, 6) is -0.738. The molecule has 0 saturated carbocycles. The van der Waals surface area contributed by atoms with E-state index in [4.69, 9.17) is 0 Å². The van der Waals surface area contributed by atoms with Crippen LogP contribution in [0.15, 0.2) is 39.6 Å². The Hall–Kier alpha value is -1.63. The number of aromatic amines is 1. The molecule has 0 atom stereocenters. The lowest BCUT2D eigenvalue weighted by atomic mass is 10.1. The van der Waals surface area contributed by atoms with Crippen molar-refractivity contribution >= 4 is 15.9 Å². The second kappa shape index (κ2) is 4.80. The first-order valence-corrected chi connectivity index (χ1v) is 5.84. The average molecular weight is 336 g/mol. The molecule has 0 aliphatic carbocycles. The van der Waals surface area contributed by atoms with Crippen molar-refractivity contribution in [3.05, 3.63) is 56.5 Å². The van der Waals surface area contributed by atoms with Gasteiger partial charge >= 0.3 is 6.18 Å². The van der Waals surface area contributed by atoms with Gasteiger partial charge in [0.15, 0.2) is 0 Å². The Bertz CT molecular complexity index is 678. The van der Waals surface area contributed by atoms with Crippen LogP contribution in [0.3, 0.4) is 0 Å². The predicted octanol–water partition coefficient (Wildman–Crippen LogP) is 3.96. The summed E-state index contributed by atoms with van der Waals surface area (Å²) in [4.78, 5) is 13.4. The van der Waals surface area contributed by atoms with Crippen LogP contribution in [0, 0.1) is 5.82 Å². The van der Waals surface area contributed by atoms with Gasteiger partial charge in [0, 0.05) is 11.6 Å². The van der Waals surface area contributed by atoms with Crippen LogP contribution in [0.1, 0.15) is 5.56 Å². The number of benzene rings is 1. The van der Waals surface area contributed by atoms with E-state index in [-0.39, 0.29) is 15.7 Å². The summed E-state index contributed by atoms with van der Waals surface area (Å²) in [7, 11) is 0. The molecule has 0 radical (unpaired) electrons. The highest BCUT2D eigenvalue weighted by Crippen LogP contribution is 2.32. The zero-order valence-electron chi connectivity index (χ0n) is 9.18. The Morgan fingerprint density at radius 3 is 2.47 bits per heavy atom. The van der Waals surface area contributed by atoms with Gasteiger partial charge in [-0.1, -0.05) is 6.07 Å². The maximum absolute atomic E-state index is 13.8. The number of pyridine rings is 1. The number of H-pyrrole nitrogens is 1. The smallest absolute Gasteiger partial charge is 0.322 e. The molecule has 0 unspecified atom stereocenters. The van der Waals surface area contributed by atoms with Crippen molar-refractivity contribution < 1.29 is 17.6 Å². The Morgan fingerprint density at radius 1 is 1.16 bits per heavy atom. The summed E-state index contributed by atoms with van der Waals surface area (Å²) in [6.45, 7) is 0. The largest absolute Gasteiger partial charge is 0.416 e. The quantitative estimate of drug-likeness (QED) is 0.786. The van der Waals surface area contributed by atoms with Gasteiger partial charge in [-0.2, -0.15) is 13.2 Å². The summed E-state index contributed by atoms with van der Waals surface area (Å²) in [6, 6.07) is 5.28. The van der Waals surface area contributed by atoms with E-state index >= 15 is 0 Å². The zero-order valence-corrected chi connectivity index (χ0v) is 10.8. The second-order valence-electron chi connectivity index (χ2n) is 3.75. The van der Waals surface area contributed by atoms with Crippen molar-refractivity contribution in [3.8, 4) is 11.3 Å². The fourth-order valence-electron chi connectivity index (χ4n) is 1.56. The van der Waals surface area contributed by atoms with E-state index in [1.165, 1.54) is 18.2 Å². The monoisotopic (exact) mass is 335 g/mol. The summed E-state index contributed by atoms with van der Waals surface area (Å²) in [5, 5.41) is 0. The molecule has 0 aliphatic heterocycles. The van der Waals surface area contributed by atoms with Crippen molar-refractivity contribution in [3.63, 3.8) is 0 Å². The van der Waals surface area contributed by atoms with Crippen LogP contribution < -0.4 is 5.56 Å². The molecule has 1 aromatic carbocycles. The summed E-state index contributed by atoms with van der Waals surface area (Å²) >= 11 is 2.93. The van der Waals surface area contributed by atoms with Gasteiger partial charge in [-0.15, -0.1) is 0 Å². The van der Waals surface area contributed by atoms with Gasteiger partial charge in [0.25, 0.3) is 0 Å². The molecule has 0 amide bonds. The van der Waals surface area contributed by atoms with Crippen LogP contribution in [0.4, 0.5) is 17.6 Å². The Balaban J connectivity index is 2.67. The van der Waals surface area contributed by atoms with Crippen LogP contribution >= 0.6 is 15.9 Å². The zero-order chi connectivity index (χ0) is 14.2. The third-order valence-corrected chi connectivity index (χ3v) is 3.03. The number of rotatable bonds is 1. The van der Waals surface area contributed by atoms with Crippen molar-refractivity contribution in [2.75, 3.05) is 0 Å². The van der Waals surface area contributed by atoms with Gasteiger partial charge in [0.05, 0.1) is 15.7 Å². The average Bonchev–Trinajstić information content (AvgIpc) is 2.31. The van der Waals surface area contributed by atoms with Gasteiger partial charge < -0.3 is 4.98 Å². The van der Waals surface area contributed by atoms with Gasteiger partial charge in [-0.3, -0.25) is 4.79 Å². The first-order chi connectivity index (χ1) is 8.79. The molecule has 19 heavy (non-hydrogen) atoms. The lowest BCUT2D eigenvalue weighted by Gasteiger charge is -2.09. The minimum Gasteiger partial charge on any atom is -0.322 e. The topological polar surface area (TPSA) is 32.9 Å². The number of halogens is 5. The van der Waals surface area contributed by atoms with Gasteiger partial charge in [0.2, 0.25) is 5.56 Å². The number of nitrogens with one attached hydrogen (secondary N) is 1. The molecular formula is C12H6BrF4NO. The molecular weight excluding hydrogens is 330 g/mol. The number of alkyl halides is 3. The minimum atomic E-state index is -4.66. The first kappa shape index (κ1) is 13.8. The van der Waals surface area contributed by atoms with E-state index < -0.39 is 23.1 Å². The van der Waals surface area contributed by atoms with Crippen molar-refractivity contribution in [2.24, 2.45) is 0 Å². The molecule has 7 heteroatoms. The van der Waals surface area contributed by atoms with E-state index in [0.717, 1.165) is 0 Å². The van der Waals surface area contributed by atoms with E-state index in [1.54, 1.807) is 0 Å². The standard InChI is InChI=1S/C12H6BrF4NO/c13-8-3-1-2-7(11(8)14)9-4-6(12(15,16)17)5-10(19)18-9/h1-5H,(H,18,19). The molecule has 100 valence electrons. The predicted molar refractivity (Wildman–Crippen MR) is 65.2 cm³/mol. The molecule has 1 N–H and O–H groups in total. The van der Waals surface area contributed by atoms with Gasteiger partial charge in [-0.25, -0.2) is 4.39 Å². The maximum atomic E-state index is 13.8. The third kappa shape index (κ3) is 2.86. The highest BCUT2D eigenvalue weighted by atomic mass is 79.9. The summed E-state index contributed by atoms with van der Waals surface area (Å²) in [6.07, 6.45) is -4.66. The lowest BCUT2D eigenvalue weighted by molar-refractivity contribution is -0.137. The molecule has 2 nitrogen and oxygen atoms in total. The van der Waals surface area contributed by atoms with E-state index in [9.17, 15) is 22.4 Å². The fraction of sp³-hybridized carbons (Fsp3) is 0.0833. The highest BCUT2D eigenvalue weighted by molar-refractivity contribution is 9.10. The molecule has 0 saturated heterocycles. The molecule has 1 aromatic heterocycles. The van der Waals surface area contributed by atoms with Crippen LogP contribution in [0.25, 0.3) is 11.3 Å². The van der Waals surface area contributed by atoms with Crippen molar-refractivity contribution in [1.82, 2.24) is 4.98 Å². The van der Waals surface area contributed by atoms with Gasteiger partial charge in [-0.05, 0) is 34.1 Å². The van der Waals surface area contributed by atoms with Crippen LogP contribution in [-0.2, 0) is 6.18 Å². The van der Waals surface area contributed by atoms with Crippen LogP contribution in [-0.4, -0.2) is 4.98 Å². The summed E-state index contributed by atoms with van der Waals surface area (Å²) in [5.41, 5.74) is -2.40. The van der Waals surface area contributed by atoms with Gasteiger partial charge in [0.1, 0.15) is 5.82 Å². The Morgan fingerprint density at radius 2 is 1.84 bits per heavy atom. The number of aromatic nitrogens is 1. The molecule has 2 aromatic rings. The maximum Gasteiger partial charge on any atom is 0.416 e. The Labute approximate surface area is 113 Å². The fourth-order valence-corrected chi connectivity index (χ4v) is 1.93. The molecule has 0 fully saturated rings. The Kier molecular flexibility index (Phi) is 3.49. The first-order valence-electron chi connectivity index (χ1n) is 5.05. The number of hydrogen-bond donors (Lipinski definition) is 1. The van der Waals surface area contributed by atoms with E-state index in [1.807, 2.05) is 0 Å². The van der Waals surface area contributed by atoms with Crippen LogP contribution in [0.5, 0.6) is 0 Å². The van der Waals surface area contributed by atoms with Crippen LogP contribution in [0.2, 0.25) is 0 Å². The lowest BCUT2D eigenvalue weighted by Crippen LogP contribution is -2.14. The molecule has 0 spiro atoms. The van der Waals surface area contributed by atoms with Crippen molar-refractivity contribution in [1.29, 1.82) is 0 Å². The van der Waals surface area contributed by atoms with E-state index in [0.29, 0.717) is 12.1 Å². The van der Waals surface area contributed by atoms with Crippen molar-refractivity contribution in [2.45, 2.75) is 6.18 Å². The molecule has 2 rings (SSSR count). The van der Waals surface area contributed by atoms with E-state index in [2.05, 4.69) is 20.9 Å². The molecule has 0 bridgehead atoms. The SMILES string of the molecule is O=c1cc(C(F)(F)F)cc(-c2cccc(Br)c2F)[nH]1. The normalized spacial score (nSPS) is 11.6. The number of hydrogen-bond acceptors (Lipinski definition) is 1. The molecule has 1 heterocycles. The summed E-state index contributed by atoms with van der Waals surface area (Å²) < 4.78 is 51.7. The second-order valence-corrected chi connectivity index (χ2v) is 4.60. The third-order valence-electron chi connectivity index (χ3n) is 2.41. The molecule has 0 aliphatic rings. The highest BCUT2D eigenvalue weighted by Gasteiger charge is 2.31.